The van der Waals surface area contributed by atoms with Crippen molar-refractivity contribution in [1.29, 1.82) is 0 Å². The van der Waals surface area contributed by atoms with Gasteiger partial charge < -0.3 is 29.5 Å². The predicted molar refractivity (Wildman–Crippen MR) is 131 cm³/mol. The van der Waals surface area contributed by atoms with E-state index < -0.39 is 10.4 Å². The molecule has 0 saturated carbocycles. The van der Waals surface area contributed by atoms with Crippen LogP contribution in [0, 0.1) is 0 Å². The molecule has 0 fully saturated rings. The predicted octanol–water partition coefficient (Wildman–Crippen LogP) is 3.29. The van der Waals surface area contributed by atoms with Gasteiger partial charge in [-0.2, -0.15) is 8.42 Å². The average Bonchev–Trinajstić information content (AvgIpc) is 2.75. The number of hydrogen-bond acceptors (Lipinski definition) is 8. The Balaban J connectivity index is -0.000000185. The number of hydrogen-bond donors (Lipinski definition) is 5. The maximum Gasteiger partial charge on any atom is 0.394 e. The first-order chi connectivity index (χ1) is 15.7. The normalized spacial score (nSPS) is 10.3. The maximum absolute atomic E-state index is 8.74. The summed E-state index contributed by atoms with van der Waals surface area (Å²) >= 11 is 0. The Kier molecular flexibility index (Phi) is 46.9. The van der Waals surface area contributed by atoms with Crippen LogP contribution < -0.4 is 0 Å². The third kappa shape index (κ3) is 80.0. The van der Waals surface area contributed by atoms with Crippen LogP contribution in [-0.2, 0) is 24.6 Å². The van der Waals surface area contributed by atoms with Crippen molar-refractivity contribution in [2.75, 3.05) is 59.5 Å². The zero-order valence-corrected chi connectivity index (χ0v) is 21.9. The fourth-order valence-electron chi connectivity index (χ4n) is 2.25. The van der Waals surface area contributed by atoms with E-state index >= 15 is 0 Å². The van der Waals surface area contributed by atoms with Crippen LogP contribution in [0.1, 0.15) is 85.0 Å². The Hall–Kier alpha value is -0.370. The highest BCUT2D eigenvalue weighted by molar-refractivity contribution is 7.79. The third-order valence-electron chi connectivity index (χ3n) is 3.76. The van der Waals surface area contributed by atoms with Crippen molar-refractivity contribution < 1.29 is 47.1 Å². The van der Waals surface area contributed by atoms with Gasteiger partial charge in [0.25, 0.3) is 0 Å². The number of aliphatic hydroxyl groups is 3. The van der Waals surface area contributed by atoms with Crippen molar-refractivity contribution in [2.45, 2.75) is 85.0 Å². The van der Waals surface area contributed by atoms with Crippen LogP contribution in [0.4, 0.5) is 0 Å². The van der Waals surface area contributed by atoms with Gasteiger partial charge in [-0.25, -0.2) is 0 Å². The van der Waals surface area contributed by atoms with E-state index in [1.807, 2.05) is 13.8 Å². The third-order valence-corrected chi connectivity index (χ3v) is 3.76. The summed E-state index contributed by atoms with van der Waals surface area (Å²) in [6, 6.07) is 0. The number of aliphatic hydroxyl groups excluding tert-OH is 3. The quantitative estimate of drug-likeness (QED) is 0.129. The summed E-state index contributed by atoms with van der Waals surface area (Å²) in [6.07, 6.45) is 13.3. The molecule has 0 radical (unpaired) electrons. The summed E-state index contributed by atoms with van der Waals surface area (Å²) in [5, 5.41) is 25.1. The van der Waals surface area contributed by atoms with E-state index in [0.29, 0.717) is 33.0 Å². The SMILES string of the molecule is CCCCCCCCCCCCO.CCOCC.O=S(=O)(O)O.OCCOCCOCCO. The van der Waals surface area contributed by atoms with Crippen molar-refractivity contribution in [3.8, 4) is 0 Å². The largest absolute Gasteiger partial charge is 0.396 e. The summed E-state index contributed by atoms with van der Waals surface area (Å²) in [5.41, 5.74) is 0. The molecule has 0 aliphatic carbocycles. The molecule has 0 spiro atoms. The molecule has 0 heterocycles. The topological polar surface area (TPSA) is 163 Å². The zero-order chi connectivity index (χ0) is 26.1. The molecule has 33 heavy (non-hydrogen) atoms. The van der Waals surface area contributed by atoms with Crippen molar-refractivity contribution >= 4 is 10.4 Å². The van der Waals surface area contributed by atoms with Crippen molar-refractivity contribution in [1.82, 2.24) is 0 Å². The molecule has 0 atom stereocenters. The van der Waals surface area contributed by atoms with E-state index in [2.05, 4.69) is 6.92 Å². The van der Waals surface area contributed by atoms with Gasteiger partial charge in [-0.15, -0.1) is 0 Å². The van der Waals surface area contributed by atoms with Gasteiger partial charge in [0.2, 0.25) is 0 Å². The molecule has 0 aromatic heterocycles. The van der Waals surface area contributed by atoms with Gasteiger partial charge in [-0.1, -0.05) is 64.7 Å². The zero-order valence-electron chi connectivity index (χ0n) is 21.1. The maximum atomic E-state index is 8.74. The number of ether oxygens (including phenoxy) is 3. The first-order valence-electron chi connectivity index (χ1n) is 12.0. The van der Waals surface area contributed by atoms with Gasteiger partial charge in [0.1, 0.15) is 0 Å². The van der Waals surface area contributed by atoms with Crippen LogP contribution in [0.15, 0.2) is 0 Å². The summed E-state index contributed by atoms with van der Waals surface area (Å²) in [4.78, 5) is 0. The van der Waals surface area contributed by atoms with E-state index in [0.717, 1.165) is 19.6 Å². The fourth-order valence-corrected chi connectivity index (χ4v) is 2.25. The van der Waals surface area contributed by atoms with Crippen LogP contribution in [0.2, 0.25) is 0 Å². The van der Waals surface area contributed by atoms with E-state index in [-0.39, 0.29) is 13.2 Å². The molecule has 0 amide bonds. The lowest BCUT2D eigenvalue weighted by Gasteiger charge is -2.01. The van der Waals surface area contributed by atoms with E-state index in [1.54, 1.807) is 0 Å². The standard InChI is InChI=1S/C12H26O.C6H14O4.C4H10O.H2O4S/c1-2-3-4-5-6-7-8-9-10-11-12-13;7-1-3-9-5-6-10-4-2-8;1-3-5-4-2;1-5(2,3)4/h13H,2-12H2,1H3;7-8H,1-6H2;3-4H2,1-2H3;(H2,1,2,3,4). The van der Waals surface area contributed by atoms with Crippen LogP contribution >= 0.6 is 0 Å². The number of rotatable bonds is 19. The second-order valence-electron chi connectivity index (χ2n) is 6.81. The van der Waals surface area contributed by atoms with E-state index in [9.17, 15) is 0 Å². The molecule has 11 heteroatoms. The minimum absolute atomic E-state index is 0.0417. The smallest absolute Gasteiger partial charge is 0.394 e. The first-order valence-corrected chi connectivity index (χ1v) is 13.4. The van der Waals surface area contributed by atoms with Crippen LogP contribution in [0.5, 0.6) is 0 Å². The summed E-state index contributed by atoms with van der Waals surface area (Å²) in [6.45, 7) is 10.0. The molecule has 0 bridgehead atoms. The minimum Gasteiger partial charge on any atom is -0.396 e. The summed E-state index contributed by atoms with van der Waals surface area (Å²) < 4.78 is 46.2. The van der Waals surface area contributed by atoms with E-state index in [4.69, 9.17) is 47.1 Å². The van der Waals surface area contributed by atoms with Crippen LogP contribution in [0.3, 0.4) is 0 Å². The lowest BCUT2D eigenvalue weighted by molar-refractivity contribution is 0.0222. The van der Waals surface area contributed by atoms with Crippen molar-refractivity contribution in [3.63, 3.8) is 0 Å². The monoisotopic (exact) mass is 508 g/mol. The fraction of sp³-hybridized carbons (Fsp3) is 1.00. The average molecular weight is 509 g/mol. The Morgan fingerprint density at radius 3 is 1.09 bits per heavy atom. The minimum atomic E-state index is -4.67. The molecule has 0 unspecified atom stereocenters. The van der Waals surface area contributed by atoms with Crippen LogP contribution in [0.25, 0.3) is 0 Å². The lowest BCUT2D eigenvalue weighted by Crippen LogP contribution is -2.09. The molecule has 0 aromatic rings. The second kappa shape index (κ2) is 38.9. The summed E-state index contributed by atoms with van der Waals surface area (Å²) in [7, 11) is -4.67. The first kappa shape index (κ1) is 39.8. The molecule has 0 aromatic carbocycles. The highest BCUT2D eigenvalue weighted by Crippen LogP contribution is 2.10. The van der Waals surface area contributed by atoms with Gasteiger partial charge in [-0.3, -0.25) is 9.11 Å². The highest BCUT2D eigenvalue weighted by Gasteiger charge is 1.91. The van der Waals surface area contributed by atoms with Gasteiger partial charge >= 0.3 is 10.4 Å². The van der Waals surface area contributed by atoms with Crippen molar-refractivity contribution in [3.05, 3.63) is 0 Å². The molecular formula is C22H52O10S. The lowest BCUT2D eigenvalue weighted by atomic mass is 10.1. The Labute approximate surface area is 202 Å². The molecule has 0 rings (SSSR count). The summed E-state index contributed by atoms with van der Waals surface area (Å²) in [5.74, 6) is 0. The van der Waals surface area contributed by atoms with Gasteiger partial charge in [0.05, 0.1) is 39.6 Å². The molecular weight excluding hydrogens is 456 g/mol. The van der Waals surface area contributed by atoms with Crippen molar-refractivity contribution in [2.24, 2.45) is 0 Å². The molecule has 0 aliphatic heterocycles. The Morgan fingerprint density at radius 1 is 0.515 bits per heavy atom. The Morgan fingerprint density at radius 2 is 0.848 bits per heavy atom. The molecule has 5 N–H and O–H groups in total. The number of unbranched alkanes of at least 4 members (excludes halogenated alkanes) is 9. The molecule has 0 saturated heterocycles. The van der Waals surface area contributed by atoms with Gasteiger partial charge in [0, 0.05) is 19.8 Å². The molecule has 206 valence electrons. The van der Waals surface area contributed by atoms with Gasteiger partial charge in [-0.05, 0) is 20.3 Å². The Bertz CT molecular complexity index is 367. The van der Waals surface area contributed by atoms with E-state index in [1.165, 1.54) is 57.8 Å². The van der Waals surface area contributed by atoms with Gasteiger partial charge in [0.15, 0.2) is 0 Å². The molecule has 0 aliphatic rings. The molecule has 10 nitrogen and oxygen atoms in total. The second-order valence-corrected chi connectivity index (χ2v) is 7.70. The highest BCUT2D eigenvalue weighted by atomic mass is 32.3. The van der Waals surface area contributed by atoms with Crippen LogP contribution in [-0.4, -0.2) is 92.3 Å².